The number of amides is 3. The standard InChI is InChI=1S/C12H24N4O2.ClH/c1-2-3-6-10(15-12(14)18)11(17)16-7-4-5-9(16)8-13;/h9-10H,2-8,13H2,1H3,(H3,14,15,18);1H. The molecule has 3 amide bonds. The second-order valence-corrected chi connectivity index (χ2v) is 4.77. The van der Waals surface area contributed by atoms with Crippen molar-refractivity contribution in [1.82, 2.24) is 10.2 Å². The van der Waals surface area contributed by atoms with Crippen LogP contribution < -0.4 is 16.8 Å². The van der Waals surface area contributed by atoms with Gasteiger partial charge in [-0.3, -0.25) is 4.79 Å². The summed E-state index contributed by atoms with van der Waals surface area (Å²) < 4.78 is 0. The molecule has 1 fully saturated rings. The van der Waals surface area contributed by atoms with Gasteiger partial charge < -0.3 is 21.7 Å². The average Bonchev–Trinajstić information content (AvgIpc) is 2.81. The third kappa shape index (κ3) is 5.24. The minimum atomic E-state index is -0.645. The largest absolute Gasteiger partial charge is 0.352 e. The molecular weight excluding hydrogens is 268 g/mol. The van der Waals surface area contributed by atoms with Crippen molar-refractivity contribution in [3.8, 4) is 0 Å². The Morgan fingerprint density at radius 2 is 2.16 bits per heavy atom. The summed E-state index contributed by atoms with van der Waals surface area (Å²) in [5.41, 5.74) is 10.8. The number of likely N-dealkylation sites (tertiary alicyclic amines) is 1. The molecule has 7 heteroatoms. The van der Waals surface area contributed by atoms with Crippen LogP contribution >= 0.6 is 12.4 Å². The molecule has 0 spiro atoms. The van der Waals surface area contributed by atoms with Crippen molar-refractivity contribution in [1.29, 1.82) is 0 Å². The third-order valence-electron chi connectivity index (χ3n) is 3.39. The zero-order valence-electron chi connectivity index (χ0n) is 11.4. The number of nitrogens with two attached hydrogens (primary N) is 2. The van der Waals surface area contributed by atoms with Gasteiger partial charge in [0.1, 0.15) is 6.04 Å². The Morgan fingerprint density at radius 1 is 1.47 bits per heavy atom. The van der Waals surface area contributed by atoms with Crippen molar-refractivity contribution in [2.45, 2.75) is 51.1 Å². The molecule has 0 saturated carbocycles. The lowest BCUT2D eigenvalue weighted by Gasteiger charge is -2.28. The van der Waals surface area contributed by atoms with Crippen LogP contribution in [0.5, 0.6) is 0 Å². The highest BCUT2D eigenvalue weighted by molar-refractivity contribution is 5.87. The molecule has 2 unspecified atom stereocenters. The second-order valence-electron chi connectivity index (χ2n) is 4.77. The minimum Gasteiger partial charge on any atom is -0.352 e. The van der Waals surface area contributed by atoms with Crippen LogP contribution in [0.25, 0.3) is 0 Å². The van der Waals surface area contributed by atoms with Crippen molar-refractivity contribution in [3.63, 3.8) is 0 Å². The van der Waals surface area contributed by atoms with E-state index in [4.69, 9.17) is 11.5 Å². The van der Waals surface area contributed by atoms with Crippen LogP contribution in [0, 0.1) is 0 Å². The summed E-state index contributed by atoms with van der Waals surface area (Å²) in [6.07, 6.45) is 4.42. The van der Waals surface area contributed by atoms with Crippen molar-refractivity contribution < 1.29 is 9.59 Å². The van der Waals surface area contributed by atoms with Gasteiger partial charge in [0.05, 0.1) is 0 Å². The van der Waals surface area contributed by atoms with Gasteiger partial charge in [0.25, 0.3) is 0 Å². The van der Waals surface area contributed by atoms with E-state index in [9.17, 15) is 9.59 Å². The van der Waals surface area contributed by atoms with Crippen molar-refractivity contribution >= 4 is 24.3 Å². The lowest BCUT2D eigenvalue weighted by molar-refractivity contribution is -0.134. The summed E-state index contributed by atoms with van der Waals surface area (Å²) in [5, 5.41) is 2.54. The summed E-state index contributed by atoms with van der Waals surface area (Å²) in [6, 6.07) is -1.04. The van der Waals surface area contributed by atoms with Gasteiger partial charge in [0.15, 0.2) is 0 Å². The molecule has 2 atom stereocenters. The Bertz CT molecular complexity index is 301. The Labute approximate surface area is 120 Å². The molecule has 1 saturated heterocycles. The number of carbonyl (C=O) groups excluding carboxylic acids is 2. The quantitative estimate of drug-likeness (QED) is 0.667. The number of urea groups is 1. The number of primary amides is 1. The second kappa shape index (κ2) is 8.98. The Balaban J connectivity index is 0.00000324. The number of nitrogens with one attached hydrogen (secondary N) is 1. The highest BCUT2D eigenvalue weighted by Gasteiger charge is 2.32. The molecule has 1 aliphatic heterocycles. The molecule has 0 aromatic heterocycles. The Kier molecular flexibility index (Phi) is 8.51. The zero-order valence-corrected chi connectivity index (χ0v) is 12.2. The predicted molar refractivity (Wildman–Crippen MR) is 77.1 cm³/mol. The fourth-order valence-corrected chi connectivity index (χ4v) is 2.41. The molecule has 1 heterocycles. The number of unbranched alkanes of at least 4 members (excludes halogenated alkanes) is 1. The highest BCUT2D eigenvalue weighted by Crippen LogP contribution is 2.18. The van der Waals surface area contributed by atoms with E-state index in [0.717, 1.165) is 32.2 Å². The first-order chi connectivity index (χ1) is 8.60. The van der Waals surface area contributed by atoms with Crippen LogP contribution in [-0.4, -0.2) is 42.0 Å². The number of hydrogen-bond donors (Lipinski definition) is 3. The number of halogens is 1. The van der Waals surface area contributed by atoms with E-state index in [0.29, 0.717) is 13.0 Å². The average molecular weight is 293 g/mol. The van der Waals surface area contributed by atoms with Crippen LogP contribution in [0.15, 0.2) is 0 Å². The number of nitrogens with zero attached hydrogens (tertiary/aromatic N) is 1. The van der Waals surface area contributed by atoms with Crippen molar-refractivity contribution in [2.24, 2.45) is 11.5 Å². The van der Waals surface area contributed by atoms with Gasteiger partial charge in [-0.25, -0.2) is 4.79 Å². The van der Waals surface area contributed by atoms with Gasteiger partial charge in [-0.1, -0.05) is 19.8 Å². The third-order valence-corrected chi connectivity index (χ3v) is 3.39. The maximum Gasteiger partial charge on any atom is 0.312 e. The van der Waals surface area contributed by atoms with Gasteiger partial charge in [-0.2, -0.15) is 0 Å². The first-order valence-corrected chi connectivity index (χ1v) is 6.66. The Hall–Kier alpha value is -1.01. The van der Waals surface area contributed by atoms with Gasteiger partial charge in [-0.05, 0) is 19.3 Å². The summed E-state index contributed by atoms with van der Waals surface area (Å²) in [6.45, 7) is 3.25. The molecule has 1 rings (SSSR count). The van der Waals surface area contributed by atoms with Gasteiger partial charge in [-0.15, -0.1) is 12.4 Å². The van der Waals surface area contributed by atoms with Gasteiger partial charge in [0, 0.05) is 19.1 Å². The first kappa shape index (κ1) is 18.0. The molecule has 19 heavy (non-hydrogen) atoms. The maximum absolute atomic E-state index is 12.4. The van der Waals surface area contributed by atoms with Gasteiger partial charge >= 0.3 is 6.03 Å². The van der Waals surface area contributed by atoms with E-state index in [1.807, 2.05) is 6.92 Å². The van der Waals surface area contributed by atoms with Crippen LogP contribution in [0.1, 0.15) is 39.0 Å². The number of hydrogen-bond acceptors (Lipinski definition) is 3. The molecule has 5 N–H and O–H groups in total. The summed E-state index contributed by atoms with van der Waals surface area (Å²) in [5.74, 6) is -0.0461. The first-order valence-electron chi connectivity index (χ1n) is 6.66. The molecule has 112 valence electrons. The molecule has 0 bridgehead atoms. The van der Waals surface area contributed by atoms with Gasteiger partial charge in [0.2, 0.25) is 5.91 Å². The fraction of sp³-hybridized carbons (Fsp3) is 0.833. The smallest absolute Gasteiger partial charge is 0.312 e. The summed E-state index contributed by atoms with van der Waals surface area (Å²) >= 11 is 0. The summed E-state index contributed by atoms with van der Waals surface area (Å²) in [7, 11) is 0. The van der Waals surface area contributed by atoms with Crippen molar-refractivity contribution in [2.75, 3.05) is 13.1 Å². The lowest BCUT2D eigenvalue weighted by atomic mass is 10.1. The topological polar surface area (TPSA) is 101 Å². The molecule has 1 aliphatic rings. The molecule has 6 nitrogen and oxygen atoms in total. The normalized spacial score (nSPS) is 19.7. The number of carbonyl (C=O) groups is 2. The molecule has 0 radical (unpaired) electrons. The SMILES string of the molecule is CCCCC(NC(N)=O)C(=O)N1CCCC1CN.Cl. The van der Waals surface area contributed by atoms with Crippen LogP contribution in [0.2, 0.25) is 0 Å². The van der Waals surface area contributed by atoms with Crippen molar-refractivity contribution in [3.05, 3.63) is 0 Å². The molecule has 0 aliphatic carbocycles. The zero-order chi connectivity index (χ0) is 13.5. The predicted octanol–water partition coefficient (Wildman–Crippen LogP) is 0.585. The highest BCUT2D eigenvalue weighted by atomic mass is 35.5. The van der Waals surface area contributed by atoms with E-state index in [-0.39, 0.29) is 24.4 Å². The lowest BCUT2D eigenvalue weighted by Crippen LogP contribution is -2.52. The van der Waals surface area contributed by atoms with Crippen LogP contribution in [-0.2, 0) is 4.79 Å². The summed E-state index contributed by atoms with van der Waals surface area (Å²) in [4.78, 5) is 25.1. The van der Waals surface area contributed by atoms with E-state index in [1.54, 1.807) is 4.90 Å². The van der Waals surface area contributed by atoms with Crippen LogP contribution in [0.4, 0.5) is 4.79 Å². The molecule has 0 aromatic carbocycles. The van der Waals surface area contributed by atoms with E-state index in [2.05, 4.69) is 5.32 Å². The number of rotatable bonds is 6. The minimum absolute atomic E-state index is 0. The Morgan fingerprint density at radius 3 is 2.68 bits per heavy atom. The fourth-order valence-electron chi connectivity index (χ4n) is 2.41. The van der Waals surface area contributed by atoms with E-state index < -0.39 is 12.1 Å². The monoisotopic (exact) mass is 292 g/mol. The van der Waals surface area contributed by atoms with E-state index in [1.165, 1.54) is 0 Å². The molecule has 0 aromatic rings. The van der Waals surface area contributed by atoms with E-state index >= 15 is 0 Å². The molecular formula is C12H25ClN4O2. The maximum atomic E-state index is 12.4. The van der Waals surface area contributed by atoms with Crippen LogP contribution in [0.3, 0.4) is 0 Å².